The molecule has 0 fully saturated rings. The van der Waals surface area contributed by atoms with Gasteiger partial charge in [-0.2, -0.15) is 0 Å². The van der Waals surface area contributed by atoms with E-state index in [4.69, 9.17) is 10.8 Å². The van der Waals surface area contributed by atoms with E-state index >= 15 is 0 Å². The van der Waals surface area contributed by atoms with E-state index in [0.29, 0.717) is 0 Å². The highest BCUT2D eigenvalue weighted by Crippen LogP contribution is 2.39. The normalized spacial score (nSPS) is 13.9. The molecule has 0 spiro atoms. The van der Waals surface area contributed by atoms with Crippen LogP contribution >= 0.6 is 15.9 Å². The number of alkyl halides is 2. The molecule has 3 nitrogen and oxygen atoms in total. The summed E-state index contributed by atoms with van der Waals surface area (Å²) in [5.74, 6) is -5.65. The summed E-state index contributed by atoms with van der Waals surface area (Å²) in [7, 11) is 0. The Labute approximate surface area is 97.8 Å². The molecular formula is C9H9BrF3NO2. The first-order valence-electron chi connectivity index (χ1n) is 4.22. The average molecular weight is 300 g/mol. The van der Waals surface area contributed by atoms with Crippen LogP contribution in [0.15, 0.2) is 16.6 Å². The lowest BCUT2D eigenvalue weighted by molar-refractivity contribution is -0.0718. The number of halogens is 4. The number of aromatic hydroxyl groups is 1. The number of hydrogen-bond acceptors (Lipinski definition) is 3. The minimum Gasteiger partial charge on any atom is -0.505 e. The molecule has 0 aliphatic heterocycles. The molecule has 0 heterocycles. The fourth-order valence-corrected chi connectivity index (χ4v) is 1.73. The van der Waals surface area contributed by atoms with Crippen LogP contribution in [-0.4, -0.2) is 22.7 Å². The third-order valence-corrected chi connectivity index (χ3v) is 2.78. The lowest BCUT2D eigenvalue weighted by Gasteiger charge is -2.23. The first-order chi connectivity index (χ1) is 7.31. The molecule has 0 saturated heterocycles. The maximum Gasteiger partial charge on any atom is 0.289 e. The van der Waals surface area contributed by atoms with Gasteiger partial charge in [-0.25, -0.2) is 13.2 Å². The Morgan fingerprint density at radius 3 is 2.50 bits per heavy atom. The van der Waals surface area contributed by atoms with Gasteiger partial charge in [0.05, 0.1) is 0 Å². The third kappa shape index (κ3) is 2.31. The molecule has 7 heteroatoms. The topological polar surface area (TPSA) is 66.5 Å². The molecule has 0 radical (unpaired) electrons. The quantitative estimate of drug-likeness (QED) is 0.799. The van der Waals surface area contributed by atoms with Crippen LogP contribution < -0.4 is 5.73 Å². The molecule has 0 aromatic heterocycles. The predicted molar refractivity (Wildman–Crippen MR) is 54.7 cm³/mol. The van der Waals surface area contributed by atoms with Crippen molar-refractivity contribution >= 4 is 15.9 Å². The largest absolute Gasteiger partial charge is 0.505 e. The number of aliphatic hydroxyl groups excluding tert-OH is 1. The second-order valence-corrected chi connectivity index (χ2v) is 4.04. The van der Waals surface area contributed by atoms with Gasteiger partial charge in [0.2, 0.25) is 0 Å². The summed E-state index contributed by atoms with van der Waals surface area (Å²) in [4.78, 5) is 0. The first-order valence-corrected chi connectivity index (χ1v) is 5.01. The van der Waals surface area contributed by atoms with Crippen molar-refractivity contribution in [2.45, 2.75) is 12.0 Å². The molecule has 0 aliphatic carbocycles. The zero-order valence-corrected chi connectivity index (χ0v) is 9.51. The van der Waals surface area contributed by atoms with Crippen molar-refractivity contribution in [2.24, 2.45) is 5.73 Å². The molecule has 1 aromatic carbocycles. The maximum absolute atomic E-state index is 13.1. The van der Waals surface area contributed by atoms with Gasteiger partial charge in [0.25, 0.3) is 5.92 Å². The van der Waals surface area contributed by atoms with E-state index in [2.05, 4.69) is 15.9 Å². The molecule has 0 saturated carbocycles. The van der Waals surface area contributed by atoms with Crippen LogP contribution in [-0.2, 0) is 0 Å². The second kappa shape index (κ2) is 4.60. The smallest absolute Gasteiger partial charge is 0.289 e. The van der Waals surface area contributed by atoms with Gasteiger partial charge in [-0.1, -0.05) is 15.9 Å². The Bertz CT molecular complexity index is 401. The highest BCUT2D eigenvalue weighted by atomic mass is 79.9. The van der Waals surface area contributed by atoms with Gasteiger partial charge < -0.3 is 15.9 Å². The monoisotopic (exact) mass is 299 g/mol. The van der Waals surface area contributed by atoms with Gasteiger partial charge in [0, 0.05) is 10.0 Å². The van der Waals surface area contributed by atoms with Gasteiger partial charge in [-0.15, -0.1) is 0 Å². The van der Waals surface area contributed by atoms with Crippen LogP contribution in [0.2, 0.25) is 0 Å². The maximum atomic E-state index is 13.1. The SMILES string of the molecule is N[C@H](c1c(Br)ccc(F)c1O)C(F)(F)CO. The summed E-state index contributed by atoms with van der Waals surface area (Å²) in [6.07, 6.45) is 0. The number of nitrogens with two attached hydrogens (primary N) is 1. The van der Waals surface area contributed by atoms with Crippen LogP contribution in [0.5, 0.6) is 5.75 Å². The molecule has 4 N–H and O–H groups in total. The summed E-state index contributed by atoms with van der Waals surface area (Å²) in [6, 6.07) is 0.0623. The number of hydrogen-bond donors (Lipinski definition) is 3. The van der Waals surface area contributed by atoms with E-state index in [0.717, 1.165) is 12.1 Å². The summed E-state index contributed by atoms with van der Waals surface area (Å²) in [5.41, 5.74) is 4.71. The fourth-order valence-electron chi connectivity index (χ4n) is 1.16. The van der Waals surface area contributed by atoms with E-state index in [1.807, 2.05) is 0 Å². The summed E-state index contributed by atoms with van der Waals surface area (Å²) >= 11 is 2.88. The van der Waals surface area contributed by atoms with E-state index in [1.165, 1.54) is 0 Å². The zero-order valence-electron chi connectivity index (χ0n) is 7.92. The van der Waals surface area contributed by atoms with Crippen molar-refractivity contribution in [3.63, 3.8) is 0 Å². The molecule has 0 bridgehead atoms. The Morgan fingerprint density at radius 2 is 2.00 bits per heavy atom. The zero-order chi connectivity index (χ0) is 12.5. The minimum absolute atomic E-state index is 0.0482. The van der Waals surface area contributed by atoms with Crippen LogP contribution in [0, 0.1) is 5.82 Å². The van der Waals surface area contributed by atoms with Crippen LogP contribution in [0.4, 0.5) is 13.2 Å². The van der Waals surface area contributed by atoms with Gasteiger partial charge >= 0.3 is 0 Å². The molecule has 0 aliphatic rings. The molecular weight excluding hydrogens is 291 g/mol. The van der Waals surface area contributed by atoms with Gasteiger partial charge in [-0.3, -0.25) is 0 Å². The van der Waals surface area contributed by atoms with Crippen LogP contribution in [0.1, 0.15) is 11.6 Å². The number of phenols is 1. The van der Waals surface area contributed by atoms with Gasteiger partial charge in [-0.05, 0) is 12.1 Å². The van der Waals surface area contributed by atoms with E-state index in [-0.39, 0.29) is 4.47 Å². The Kier molecular flexibility index (Phi) is 3.82. The van der Waals surface area contributed by atoms with Crippen LogP contribution in [0.25, 0.3) is 0 Å². The summed E-state index contributed by atoms with van der Waals surface area (Å²) < 4.78 is 39.2. The summed E-state index contributed by atoms with van der Waals surface area (Å²) in [6.45, 7) is -1.49. The van der Waals surface area contributed by atoms with Gasteiger partial charge in [0.1, 0.15) is 12.6 Å². The second-order valence-electron chi connectivity index (χ2n) is 3.19. The Balaban J connectivity index is 3.28. The van der Waals surface area contributed by atoms with Crippen molar-refractivity contribution in [1.29, 1.82) is 0 Å². The van der Waals surface area contributed by atoms with E-state index < -0.39 is 35.7 Å². The van der Waals surface area contributed by atoms with Gasteiger partial charge in [0.15, 0.2) is 11.6 Å². The molecule has 1 rings (SSSR count). The van der Waals surface area contributed by atoms with Crippen molar-refractivity contribution in [3.05, 3.63) is 28.0 Å². The number of benzene rings is 1. The van der Waals surface area contributed by atoms with E-state index in [9.17, 15) is 18.3 Å². The third-order valence-electron chi connectivity index (χ3n) is 2.09. The molecule has 1 aromatic rings. The Hall–Kier alpha value is -0.790. The molecule has 0 amide bonds. The van der Waals surface area contributed by atoms with Crippen molar-refractivity contribution in [3.8, 4) is 5.75 Å². The predicted octanol–water partition coefficient (Wildman–Crippen LogP) is 1.92. The molecule has 0 unspecified atom stereocenters. The van der Waals surface area contributed by atoms with Crippen molar-refractivity contribution < 1.29 is 23.4 Å². The lowest BCUT2D eigenvalue weighted by Crippen LogP contribution is -2.36. The highest BCUT2D eigenvalue weighted by Gasteiger charge is 2.40. The molecule has 16 heavy (non-hydrogen) atoms. The first kappa shape index (κ1) is 13.3. The Morgan fingerprint density at radius 1 is 1.44 bits per heavy atom. The lowest BCUT2D eigenvalue weighted by atomic mass is 10.0. The van der Waals surface area contributed by atoms with E-state index in [1.54, 1.807) is 0 Å². The van der Waals surface area contributed by atoms with Crippen molar-refractivity contribution in [1.82, 2.24) is 0 Å². The molecule has 1 atom stereocenters. The van der Waals surface area contributed by atoms with Crippen LogP contribution in [0.3, 0.4) is 0 Å². The number of phenolic OH excluding ortho intramolecular Hbond substituents is 1. The number of aliphatic hydroxyl groups is 1. The molecule has 90 valence electrons. The number of rotatable bonds is 3. The minimum atomic E-state index is -3.65. The standard InChI is InChI=1S/C9H9BrF3NO2/c10-4-1-2-5(11)7(16)6(4)8(14)9(12,13)3-15/h1-2,8,15-16H,3,14H2/t8-/m1/s1. The summed E-state index contributed by atoms with van der Waals surface area (Å²) in [5, 5.41) is 17.8. The van der Waals surface area contributed by atoms with Crippen molar-refractivity contribution in [2.75, 3.05) is 6.61 Å². The fraction of sp³-hybridized carbons (Fsp3) is 0.333. The average Bonchev–Trinajstić information content (AvgIpc) is 2.24. The highest BCUT2D eigenvalue weighted by molar-refractivity contribution is 9.10.